The molecule has 0 aliphatic carbocycles. The van der Waals surface area contributed by atoms with Gasteiger partial charge >= 0.3 is 0 Å². The first-order valence-electron chi connectivity index (χ1n) is 9.66. The van der Waals surface area contributed by atoms with E-state index in [1.54, 1.807) is 24.3 Å². The maximum Gasteiger partial charge on any atom is 0.231 e. The SMILES string of the molecule is N#C/C(=C/c1ccc(N2CCCCCC2)cc1)C(=O)c1ccc2c(c1)OCO2. The van der Waals surface area contributed by atoms with Crippen LogP contribution in [0.5, 0.6) is 11.5 Å². The van der Waals surface area contributed by atoms with E-state index in [9.17, 15) is 10.1 Å². The molecule has 142 valence electrons. The number of Topliss-reactive ketones (excluding diaryl/α,β-unsaturated/α-hetero) is 1. The molecule has 1 saturated heterocycles. The van der Waals surface area contributed by atoms with Crippen molar-refractivity contribution in [3.8, 4) is 17.6 Å². The number of nitriles is 1. The number of fused-ring (bicyclic) bond motifs is 1. The summed E-state index contributed by atoms with van der Waals surface area (Å²) in [6.45, 7) is 2.32. The highest BCUT2D eigenvalue weighted by atomic mass is 16.7. The second kappa shape index (κ2) is 8.18. The van der Waals surface area contributed by atoms with Gasteiger partial charge in [0, 0.05) is 24.3 Å². The molecule has 0 radical (unpaired) electrons. The van der Waals surface area contributed by atoms with Gasteiger partial charge in [-0.1, -0.05) is 25.0 Å². The van der Waals surface area contributed by atoms with Gasteiger partial charge in [0.25, 0.3) is 0 Å². The minimum Gasteiger partial charge on any atom is -0.454 e. The number of carbonyl (C=O) groups is 1. The van der Waals surface area contributed by atoms with Gasteiger partial charge in [-0.25, -0.2) is 0 Å². The maximum atomic E-state index is 12.7. The fourth-order valence-electron chi connectivity index (χ4n) is 3.62. The normalized spacial score (nSPS) is 16.4. The third-order valence-electron chi connectivity index (χ3n) is 5.18. The number of hydrogen-bond acceptors (Lipinski definition) is 5. The quantitative estimate of drug-likeness (QED) is 0.445. The predicted molar refractivity (Wildman–Crippen MR) is 108 cm³/mol. The Kier molecular flexibility index (Phi) is 5.29. The molecule has 0 bridgehead atoms. The van der Waals surface area contributed by atoms with E-state index in [0.29, 0.717) is 17.1 Å². The monoisotopic (exact) mass is 374 g/mol. The van der Waals surface area contributed by atoms with Crippen molar-refractivity contribution >= 4 is 17.5 Å². The van der Waals surface area contributed by atoms with Crippen molar-refractivity contribution in [2.24, 2.45) is 0 Å². The van der Waals surface area contributed by atoms with Gasteiger partial charge in [-0.15, -0.1) is 0 Å². The molecule has 0 atom stereocenters. The van der Waals surface area contributed by atoms with Crippen LogP contribution >= 0.6 is 0 Å². The lowest BCUT2D eigenvalue weighted by molar-refractivity contribution is 0.103. The Labute approximate surface area is 164 Å². The van der Waals surface area contributed by atoms with Crippen LogP contribution in [-0.4, -0.2) is 25.7 Å². The highest BCUT2D eigenvalue weighted by Gasteiger charge is 2.18. The molecule has 2 aliphatic rings. The first-order valence-corrected chi connectivity index (χ1v) is 9.66. The number of allylic oxidation sites excluding steroid dienone is 1. The number of nitrogens with zero attached hydrogens (tertiary/aromatic N) is 2. The zero-order valence-corrected chi connectivity index (χ0v) is 15.7. The standard InChI is InChI=1S/C23H22N2O3/c24-15-19(23(26)18-7-10-21-22(14-18)28-16-27-21)13-17-5-8-20(9-6-17)25-11-3-1-2-4-12-25/h5-10,13-14H,1-4,11-12,16H2/b19-13-. The number of anilines is 1. The molecular weight excluding hydrogens is 352 g/mol. The number of benzene rings is 2. The Morgan fingerprint density at radius 3 is 2.39 bits per heavy atom. The van der Waals surface area contributed by atoms with Crippen LogP contribution in [0.2, 0.25) is 0 Å². The maximum absolute atomic E-state index is 12.7. The lowest BCUT2D eigenvalue weighted by atomic mass is 10.0. The van der Waals surface area contributed by atoms with E-state index in [4.69, 9.17) is 9.47 Å². The van der Waals surface area contributed by atoms with E-state index in [1.807, 2.05) is 18.2 Å². The second-order valence-electron chi connectivity index (χ2n) is 7.06. The van der Waals surface area contributed by atoms with Gasteiger partial charge in [-0.2, -0.15) is 5.26 Å². The molecule has 0 N–H and O–H groups in total. The molecule has 2 aliphatic heterocycles. The molecule has 4 rings (SSSR count). The fourth-order valence-corrected chi connectivity index (χ4v) is 3.62. The van der Waals surface area contributed by atoms with Crippen molar-refractivity contribution in [1.29, 1.82) is 5.26 Å². The van der Waals surface area contributed by atoms with Crippen molar-refractivity contribution in [1.82, 2.24) is 0 Å². The molecule has 28 heavy (non-hydrogen) atoms. The average Bonchev–Trinajstić information content (AvgIpc) is 3.04. The Balaban J connectivity index is 1.52. The molecule has 2 aromatic rings. The molecular formula is C23H22N2O3. The van der Waals surface area contributed by atoms with Crippen molar-refractivity contribution < 1.29 is 14.3 Å². The number of carbonyl (C=O) groups excluding carboxylic acids is 1. The summed E-state index contributed by atoms with van der Waals surface area (Å²) in [5.41, 5.74) is 2.54. The zero-order chi connectivity index (χ0) is 19.3. The van der Waals surface area contributed by atoms with Gasteiger partial charge in [0.1, 0.15) is 11.6 Å². The highest BCUT2D eigenvalue weighted by Crippen LogP contribution is 2.33. The van der Waals surface area contributed by atoms with E-state index in [-0.39, 0.29) is 18.1 Å². The third-order valence-corrected chi connectivity index (χ3v) is 5.18. The number of rotatable bonds is 4. The van der Waals surface area contributed by atoms with Gasteiger partial charge < -0.3 is 14.4 Å². The summed E-state index contributed by atoms with van der Waals surface area (Å²) < 4.78 is 10.6. The Morgan fingerprint density at radius 2 is 1.68 bits per heavy atom. The second-order valence-corrected chi connectivity index (χ2v) is 7.06. The molecule has 0 unspecified atom stereocenters. The summed E-state index contributed by atoms with van der Waals surface area (Å²) in [5.74, 6) is 0.825. The molecule has 5 nitrogen and oxygen atoms in total. The third kappa shape index (κ3) is 3.86. The summed E-state index contributed by atoms with van der Waals surface area (Å²) in [6.07, 6.45) is 6.68. The van der Waals surface area contributed by atoms with Crippen LogP contribution in [0.4, 0.5) is 5.69 Å². The van der Waals surface area contributed by atoms with Gasteiger partial charge in [0.05, 0.1) is 0 Å². The van der Waals surface area contributed by atoms with Crippen LogP contribution in [0.3, 0.4) is 0 Å². The van der Waals surface area contributed by atoms with Gasteiger partial charge in [-0.05, 0) is 54.8 Å². The Hall–Kier alpha value is -3.26. The summed E-state index contributed by atoms with van der Waals surface area (Å²) in [5, 5.41) is 9.50. The summed E-state index contributed by atoms with van der Waals surface area (Å²) in [6, 6.07) is 15.1. The lowest BCUT2D eigenvalue weighted by Gasteiger charge is -2.22. The molecule has 0 aromatic heterocycles. The van der Waals surface area contributed by atoms with Crippen LogP contribution < -0.4 is 14.4 Å². The van der Waals surface area contributed by atoms with E-state index >= 15 is 0 Å². The molecule has 1 fully saturated rings. The molecule has 0 spiro atoms. The van der Waals surface area contributed by atoms with Crippen molar-refractivity contribution in [2.45, 2.75) is 25.7 Å². The van der Waals surface area contributed by atoms with E-state index in [1.165, 1.54) is 31.4 Å². The lowest BCUT2D eigenvalue weighted by Crippen LogP contribution is -2.23. The van der Waals surface area contributed by atoms with Crippen LogP contribution in [0.15, 0.2) is 48.0 Å². The molecule has 5 heteroatoms. The van der Waals surface area contributed by atoms with Crippen LogP contribution in [0.1, 0.15) is 41.6 Å². The highest BCUT2D eigenvalue weighted by molar-refractivity contribution is 6.14. The minimum atomic E-state index is -0.322. The van der Waals surface area contributed by atoms with Gasteiger partial charge in [0.15, 0.2) is 11.5 Å². The van der Waals surface area contributed by atoms with E-state index in [0.717, 1.165) is 18.7 Å². The molecule has 2 aromatic carbocycles. The summed E-state index contributed by atoms with van der Waals surface area (Å²) >= 11 is 0. The smallest absolute Gasteiger partial charge is 0.231 e. The predicted octanol–water partition coefficient (Wildman–Crippen LogP) is 4.59. The van der Waals surface area contributed by atoms with Crippen molar-refractivity contribution in [3.63, 3.8) is 0 Å². The van der Waals surface area contributed by atoms with E-state index < -0.39 is 0 Å². The number of hydrogen-bond donors (Lipinski definition) is 0. The van der Waals surface area contributed by atoms with Crippen molar-refractivity contribution in [3.05, 3.63) is 59.2 Å². The van der Waals surface area contributed by atoms with Crippen LogP contribution in [0, 0.1) is 11.3 Å². The average molecular weight is 374 g/mol. The summed E-state index contributed by atoms with van der Waals surface area (Å²) in [7, 11) is 0. The topological polar surface area (TPSA) is 62.6 Å². The first kappa shape index (κ1) is 18.1. The largest absolute Gasteiger partial charge is 0.454 e. The molecule has 0 amide bonds. The van der Waals surface area contributed by atoms with E-state index in [2.05, 4.69) is 17.0 Å². The number of ketones is 1. The first-order chi connectivity index (χ1) is 13.7. The van der Waals surface area contributed by atoms with Gasteiger partial charge in [0.2, 0.25) is 12.6 Å². The Morgan fingerprint density at radius 1 is 0.964 bits per heavy atom. The van der Waals surface area contributed by atoms with Gasteiger partial charge in [-0.3, -0.25) is 4.79 Å². The molecule has 0 saturated carbocycles. The van der Waals surface area contributed by atoms with Crippen molar-refractivity contribution in [2.75, 3.05) is 24.8 Å². The minimum absolute atomic E-state index is 0.0985. The fraction of sp³-hybridized carbons (Fsp3) is 0.304. The molecule has 2 heterocycles. The van der Waals surface area contributed by atoms with Crippen LogP contribution in [-0.2, 0) is 0 Å². The summed E-state index contributed by atoms with van der Waals surface area (Å²) in [4.78, 5) is 15.1. The zero-order valence-electron chi connectivity index (χ0n) is 15.7. The van der Waals surface area contributed by atoms with Crippen LogP contribution in [0.25, 0.3) is 6.08 Å². The number of ether oxygens (including phenoxy) is 2. The Bertz CT molecular complexity index is 933.